The van der Waals surface area contributed by atoms with Crippen molar-refractivity contribution >= 4 is 23.4 Å². The van der Waals surface area contributed by atoms with Gasteiger partial charge in [-0.25, -0.2) is 13.2 Å². The Bertz CT molecular complexity index is 1010. The van der Waals surface area contributed by atoms with Crippen molar-refractivity contribution in [3.8, 4) is 5.75 Å². The third-order valence-electron chi connectivity index (χ3n) is 3.90. The Kier molecular flexibility index (Phi) is 6.42. The summed E-state index contributed by atoms with van der Waals surface area (Å²) in [5.41, 5.74) is -0.100. The topological polar surface area (TPSA) is 69.0 Å². The van der Waals surface area contributed by atoms with E-state index in [2.05, 4.69) is 15.5 Å². The lowest BCUT2D eigenvalue weighted by atomic mass is 10.3. The molecule has 3 aromatic rings. The second kappa shape index (κ2) is 8.99. The van der Waals surface area contributed by atoms with Crippen LogP contribution in [0.25, 0.3) is 0 Å². The van der Waals surface area contributed by atoms with Crippen molar-refractivity contribution in [3.05, 3.63) is 65.7 Å². The number of thioether (sulfide) groups is 1. The fourth-order valence-electron chi connectivity index (χ4n) is 2.48. The van der Waals surface area contributed by atoms with E-state index in [1.165, 1.54) is 24.3 Å². The first-order chi connectivity index (χ1) is 13.8. The van der Waals surface area contributed by atoms with Crippen LogP contribution in [0.3, 0.4) is 0 Å². The smallest absolute Gasteiger partial charge is 0.234 e. The maximum atomic E-state index is 13.6. The standard InChI is InChI=1S/C19H17F3N4O2S/c1-11(28-14-6-3-12(20)4-7-14)18-24-25-19(26(18)2)29-10-17(27)23-16-8-5-13(21)9-15(16)22/h3-9,11H,10H2,1-2H3,(H,23,27). The van der Waals surface area contributed by atoms with E-state index in [4.69, 9.17) is 4.74 Å². The Balaban J connectivity index is 1.58. The van der Waals surface area contributed by atoms with E-state index in [-0.39, 0.29) is 17.3 Å². The minimum Gasteiger partial charge on any atom is -0.483 e. The summed E-state index contributed by atoms with van der Waals surface area (Å²) in [6.07, 6.45) is -0.463. The van der Waals surface area contributed by atoms with Gasteiger partial charge in [0.2, 0.25) is 5.91 Å². The number of carbonyl (C=O) groups is 1. The molecule has 0 fully saturated rings. The fourth-order valence-corrected chi connectivity index (χ4v) is 3.20. The van der Waals surface area contributed by atoms with Crippen molar-refractivity contribution in [2.75, 3.05) is 11.1 Å². The number of nitrogens with one attached hydrogen (secondary N) is 1. The van der Waals surface area contributed by atoms with E-state index in [1.807, 2.05) is 0 Å². The minimum atomic E-state index is -0.851. The van der Waals surface area contributed by atoms with Gasteiger partial charge in [0, 0.05) is 13.1 Å². The highest BCUT2D eigenvalue weighted by atomic mass is 32.2. The highest BCUT2D eigenvalue weighted by molar-refractivity contribution is 7.99. The summed E-state index contributed by atoms with van der Waals surface area (Å²) in [6, 6.07) is 8.52. The molecule has 6 nitrogen and oxygen atoms in total. The van der Waals surface area contributed by atoms with Gasteiger partial charge in [-0.2, -0.15) is 0 Å². The Labute approximate surface area is 169 Å². The Morgan fingerprint density at radius 2 is 1.83 bits per heavy atom. The molecule has 0 radical (unpaired) electrons. The number of nitrogens with zero attached hydrogens (tertiary/aromatic N) is 3. The monoisotopic (exact) mass is 422 g/mol. The molecule has 0 saturated carbocycles. The maximum Gasteiger partial charge on any atom is 0.234 e. The van der Waals surface area contributed by atoms with Crippen LogP contribution in [0.4, 0.5) is 18.9 Å². The average Bonchev–Trinajstić information content (AvgIpc) is 3.05. The van der Waals surface area contributed by atoms with Crippen LogP contribution in [0, 0.1) is 17.5 Å². The fraction of sp³-hybridized carbons (Fsp3) is 0.211. The largest absolute Gasteiger partial charge is 0.483 e. The van der Waals surface area contributed by atoms with Crippen LogP contribution in [-0.4, -0.2) is 26.4 Å². The summed E-state index contributed by atoms with van der Waals surface area (Å²) in [7, 11) is 1.72. The van der Waals surface area contributed by atoms with Gasteiger partial charge in [-0.15, -0.1) is 10.2 Å². The molecule has 1 atom stereocenters. The molecule has 1 heterocycles. The number of ether oxygens (including phenoxy) is 1. The van der Waals surface area contributed by atoms with Crippen molar-refractivity contribution in [1.82, 2.24) is 14.8 Å². The molecular formula is C19H17F3N4O2S. The van der Waals surface area contributed by atoms with Gasteiger partial charge >= 0.3 is 0 Å². The first-order valence-corrected chi connectivity index (χ1v) is 9.51. The van der Waals surface area contributed by atoms with E-state index in [1.54, 1.807) is 18.5 Å². The maximum absolute atomic E-state index is 13.6. The average molecular weight is 422 g/mol. The molecule has 0 saturated heterocycles. The van der Waals surface area contributed by atoms with Crippen LogP contribution in [-0.2, 0) is 11.8 Å². The Hall–Kier alpha value is -3.01. The number of anilines is 1. The van der Waals surface area contributed by atoms with Gasteiger partial charge in [-0.3, -0.25) is 4.79 Å². The van der Waals surface area contributed by atoms with Gasteiger partial charge in [0.1, 0.15) is 23.2 Å². The van der Waals surface area contributed by atoms with Gasteiger partial charge in [-0.1, -0.05) is 11.8 Å². The zero-order valence-electron chi connectivity index (χ0n) is 15.5. The van der Waals surface area contributed by atoms with Crippen molar-refractivity contribution in [2.45, 2.75) is 18.2 Å². The molecule has 1 aromatic heterocycles. The van der Waals surface area contributed by atoms with Crippen LogP contribution in [0.15, 0.2) is 47.6 Å². The van der Waals surface area contributed by atoms with Crippen molar-refractivity contribution in [1.29, 1.82) is 0 Å². The van der Waals surface area contributed by atoms with Crippen LogP contribution < -0.4 is 10.1 Å². The quantitative estimate of drug-likeness (QED) is 0.581. The second-order valence-corrected chi connectivity index (χ2v) is 7.02. The summed E-state index contributed by atoms with van der Waals surface area (Å²) < 4.78 is 46.9. The van der Waals surface area contributed by atoms with Gasteiger partial charge in [0.25, 0.3) is 0 Å². The predicted octanol–water partition coefficient (Wildman–Crippen LogP) is 4.10. The van der Waals surface area contributed by atoms with Gasteiger partial charge in [0.05, 0.1) is 11.4 Å². The summed E-state index contributed by atoms with van der Waals surface area (Å²) in [4.78, 5) is 12.0. The lowest BCUT2D eigenvalue weighted by molar-refractivity contribution is -0.113. The molecule has 1 unspecified atom stereocenters. The van der Waals surface area contributed by atoms with Crippen LogP contribution in [0.1, 0.15) is 18.9 Å². The molecule has 29 heavy (non-hydrogen) atoms. The lowest BCUT2D eigenvalue weighted by Crippen LogP contribution is -2.16. The van der Waals surface area contributed by atoms with Gasteiger partial charge in [-0.05, 0) is 43.3 Å². The number of benzene rings is 2. The molecule has 3 rings (SSSR count). The molecule has 10 heteroatoms. The van der Waals surface area contributed by atoms with Crippen molar-refractivity contribution in [3.63, 3.8) is 0 Å². The third-order valence-corrected chi connectivity index (χ3v) is 4.92. The van der Waals surface area contributed by atoms with E-state index in [9.17, 15) is 18.0 Å². The first-order valence-electron chi connectivity index (χ1n) is 8.52. The molecule has 1 N–H and O–H groups in total. The number of hydrogen-bond donors (Lipinski definition) is 1. The van der Waals surface area contributed by atoms with E-state index in [0.717, 1.165) is 23.9 Å². The van der Waals surface area contributed by atoms with Crippen molar-refractivity contribution < 1.29 is 22.7 Å². The molecule has 0 aliphatic heterocycles. The van der Waals surface area contributed by atoms with E-state index in [0.29, 0.717) is 22.8 Å². The summed E-state index contributed by atoms with van der Waals surface area (Å²) in [6.45, 7) is 1.77. The molecule has 0 spiro atoms. The summed E-state index contributed by atoms with van der Waals surface area (Å²) in [5, 5.41) is 10.9. The van der Waals surface area contributed by atoms with E-state index >= 15 is 0 Å². The zero-order valence-corrected chi connectivity index (χ0v) is 16.3. The van der Waals surface area contributed by atoms with Crippen LogP contribution in [0.5, 0.6) is 5.75 Å². The highest BCUT2D eigenvalue weighted by Gasteiger charge is 2.18. The predicted molar refractivity (Wildman–Crippen MR) is 102 cm³/mol. The summed E-state index contributed by atoms with van der Waals surface area (Å²) >= 11 is 1.11. The normalized spacial score (nSPS) is 11.9. The SMILES string of the molecule is CC(Oc1ccc(F)cc1)c1nnc(SCC(=O)Nc2ccc(F)cc2F)n1C. The Morgan fingerprint density at radius 1 is 1.14 bits per heavy atom. The van der Waals surface area contributed by atoms with Crippen LogP contribution in [0.2, 0.25) is 0 Å². The number of amides is 1. The lowest BCUT2D eigenvalue weighted by Gasteiger charge is -2.14. The first kappa shape index (κ1) is 20.7. The molecular weight excluding hydrogens is 405 g/mol. The number of aromatic nitrogens is 3. The molecule has 0 bridgehead atoms. The van der Waals surface area contributed by atoms with Crippen LogP contribution >= 0.6 is 11.8 Å². The molecule has 2 aromatic carbocycles. The highest BCUT2D eigenvalue weighted by Crippen LogP contribution is 2.24. The number of carbonyl (C=O) groups excluding carboxylic acids is 1. The second-order valence-electron chi connectivity index (χ2n) is 6.07. The molecule has 152 valence electrons. The Morgan fingerprint density at radius 3 is 2.52 bits per heavy atom. The van der Waals surface area contributed by atoms with Gasteiger partial charge < -0.3 is 14.6 Å². The van der Waals surface area contributed by atoms with Crippen molar-refractivity contribution in [2.24, 2.45) is 7.05 Å². The third kappa shape index (κ3) is 5.29. The van der Waals surface area contributed by atoms with E-state index < -0.39 is 23.6 Å². The number of halogens is 3. The molecule has 0 aliphatic rings. The zero-order chi connectivity index (χ0) is 21.0. The summed E-state index contributed by atoms with van der Waals surface area (Å²) in [5.74, 6) is -1.45. The molecule has 0 aliphatic carbocycles. The molecule has 1 amide bonds. The number of hydrogen-bond acceptors (Lipinski definition) is 5. The number of rotatable bonds is 7. The minimum absolute atomic E-state index is 0.0456. The van der Waals surface area contributed by atoms with Gasteiger partial charge in [0.15, 0.2) is 17.1 Å².